The van der Waals surface area contributed by atoms with Crippen LogP contribution in [0.2, 0.25) is 0 Å². The standard InChI is InChI=1S/C6H11N3O2S/c1-4-6(5(2)9-8-4)12(10,11)7-3/h7H,1-3H3,(H,8,9). The summed E-state index contributed by atoms with van der Waals surface area (Å²) in [6.45, 7) is 3.32. The van der Waals surface area contributed by atoms with Crippen LogP contribution in [0.4, 0.5) is 0 Å². The van der Waals surface area contributed by atoms with Gasteiger partial charge in [-0.1, -0.05) is 0 Å². The number of aromatic amines is 1. The third-order valence-electron chi connectivity index (χ3n) is 1.60. The molecule has 1 heterocycles. The van der Waals surface area contributed by atoms with Gasteiger partial charge in [-0.2, -0.15) is 5.10 Å². The van der Waals surface area contributed by atoms with Gasteiger partial charge in [-0.05, 0) is 20.9 Å². The molecule has 0 radical (unpaired) electrons. The van der Waals surface area contributed by atoms with E-state index >= 15 is 0 Å². The fourth-order valence-corrected chi connectivity index (χ4v) is 2.13. The van der Waals surface area contributed by atoms with Crippen molar-refractivity contribution in [3.63, 3.8) is 0 Å². The van der Waals surface area contributed by atoms with E-state index < -0.39 is 10.0 Å². The molecule has 0 aliphatic carbocycles. The van der Waals surface area contributed by atoms with Crippen LogP contribution in [0.15, 0.2) is 4.90 Å². The van der Waals surface area contributed by atoms with E-state index in [9.17, 15) is 8.42 Å². The molecule has 1 rings (SSSR count). The fraction of sp³-hybridized carbons (Fsp3) is 0.500. The van der Waals surface area contributed by atoms with Crippen LogP contribution in [0.25, 0.3) is 0 Å². The molecule has 0 amide bonds. The average Bonchev–Trinajstić information content (AvgIpc) is 2.31. The molecule has 0 unspecified atom stereocenters. The van der Waals surface area contributed by atoms with E-state index in [0.717, 1.165) is 0 Å². The lowest BCUT2D eigenvalue weighted by Gasteiger charge is -2.00. The number of aryl methyl sites for hydroxylation is 2. The maximum absolute atomic E-state index is 11.3. The normalized spacial score (nSPS) is 11.9. The number of sulfonamides is 1. The monoisotopic (exact) mass is 189 g/mol. The van der Waals surface area contributed by atoms with E-state index in [4.69, 9.17) is 0 Å². The Morgan fingerprint density at radius 3 is 2.33 bits per heavy atom. The van der Waals surface area contributed by atoms with E-state index in [1.54, 1.807) is 13.8 Å². The van der Waals surface area contributed by atoms with Crippen molar-refractivity contribution in [1.29, 1.82) is 0 Å². The highest BCUT2D eigenvalue weighted by molar-refractivity contribution is 7.89. The number of aromatic nitrogens is 2. The first kappa shape index (κ1) is 9.21. The summed E-state index contributed by atoms with van der Waals surface area (Å²) in [5.74, 6) is 0. The molecule has 0 bridgehead atoms. The number of nitrogens with zero attached hydrogens (tertiary/aromatic N) is 1. The molecule has 0 saturated heterocycles. The minimum atomic E-state index is -3.36. The van der Waals surface area contributed by atoms with Gasteiger partial charge < -0.3 is 0 Å². The third kappa shape index (κ3) is 1.35. The number of H-pyrrole nitrogens is 1. The Labute approximate surface area is 71.2 Å². The summed E-state index contributed by atoms with van der Waals surface area (Å²) < 4.78 is 24.9. The molecule has 6 heteroatoms. The van der Waals surface area contributed by atoms with Crippen LogP contribution in [0.5, 0.6) is 0 Å². The maximum atomic E-state index is 11.3. The summed E-state index contributed by atoms with van der Waals surface area (Å²) in [5, 5.41) is 6.39. The summed E-state index contributed by atoms with van der Waals surface area (Å²) in [7, 11) is -1.98. The van der Waals surface area contributed by atoms with Crippen LogP contribution in [0.3, 0.4) is 0 Å². The lowest BCUT2D eigenvalue weighted by atomic mass is 10.4. The molecule has 0 fully saturated rings. The Hall–Kier alpha value is -0.880. The van der Waals surface area contributed by atoms with Crippen molar-refractivity contribution in [3.8, 4) is 0 Å². The van der Waals surface area contributed by atoms with Gasteiger partial charge in [0.25, 0.3) is 0 Å². The van der Waals surface area contributed by atoms with Crippen molar-refractivity contribution in [1.82, 2.24) is 14.9 Å². The van der Waals surface area contributed by atoms with Crippen LogP contribution in [0, 0.1) is 13.8 Å². The first-order valence-electron chi connectivity index (χ1n) is 3.44. The number of hydrogen-bond donors (Lipinski definition) is 2. The molecule has 2 N–H and O–H groups in total. The summed E-state index contributed by atoms with van der Waals surface area (Å²) in [6.07, 6.45) is 0. The van der Waals surface area contributed by atoms with Crippen LogP contribution < -0.4 is 4.72 Å². The smallest absolute Gasteiger partial charge is 0.243 e. The van der Waals surface area contributed by atoms with Gasteiger partial charge in [-0.15, -0.1) is 0 Å². The largest absolute Gasteiger partial charge is 0.281 e. The second-order valence-electron chi connectivity index (χ2n) is 2.47. The number of hydrogen-bond acceptors (Lipinski definition) is 3. The van der Waals surface area contributed by atoms with E-state index in [1.807, 2.05) is 0 Å². The van der Waals surface area contributed by atoms with Gasteiger partial charge in [0.2, 0.25) is 10.0 Å². The van der Waals surface area contributed by atoms with Crippen molar-refractivity contribution < 1.29 is 8.42 Å². The van der Waals surface area contributed by atoms with E-state index in [1.165, 1.54) is 7.05 Å². The molecule has 1 aromatic heterocycles. The Morgan fingerprint density at radius 2 is 2.00 bits per heavy atom. The minimum Gasteiger partial charge on any atom is -0.281 e. The predicted octanol–water partition coefficient (Wildman–Crippen LogP) is -0.0654. The van der Waals surface area contributed by atoms with Crippen LogP contribution in [-0.2, 0) is 10.0 Å². The zero-order chi connectivity index (χ0) is 9.35. The topological polar surface area (TPSA) is 74.8 Å². The molecule has 0 spiro atoms. The van der Waals surface area contributed by atoms with Crippen molar-refractivity contribution in [2.24, 2.45) is 0 Å². The second kappa shape index (κ2) is 2.87. The van der Waals surface area contributed by atoms with Gasteiger partial charge in [0.1, 0.15) is 4.90 Å². The van der Waals surface area contributed by atoms with Crippen LogP contribution in [0.1, 0.15) is 11.4 Å². The van der Waals surface area contributed by atoms with Gasteiger partial charge in [-0.3, -0.25) is 5.10 Å². The third-order valence-corrected chi connectivity index (χ3v) is 3.27. The van der Waals surface area contributed by atoms with Gasteiger partial charge >= 0.3 is 0 Å². The maximum Gasteiger partial charge on any atom is 0.243 e. The lowest BCUT2D eigenvalue weighted by molar-refractivity contribution is 0.587. The van der Waals surface area contributed by atoms with Crippen molar-refractivity contribution in [3.05, 3.63) is 11.4 Å². The molecule has 68 valence electrons. The summed E-state index contributed by atoms with van der Waals surface area (Å²) in [5.41, 5.74) is 1.05. The van der Waals surface area contributed by atoms with Crippen molar-refractivity contribution in [2.45, 2.75) is 18.7 Å². The van der Waals surface area contributed by atoms with E-state index in [-0.39, 0.29) is 4.90 Å². The lowest BCUT2D eigenvalue weighted by Crippen LogP contribution is -2.19. The van der Waals surface area contributed by atoms with Gasteiger partial charge in [0.15, 0.2) is 0 Å². The summed E-state index contributed by atoms with van der Waals surface area (Å²) >= 11 is 0. The van der Waals surface area contributed by atoms with Gasteiger partial charge in [0, 0.05) is 0 Å². The summed E-state index contributed by atoms with van der Waals surface area (Å²) in [6, 6.07) is 0. The predicted molar refractivity (Wildman–Crippen MR) is 44.3 cm³/mol. The molecule has 0 aromatic carbocycles. The van der Waals surface area contributed by atoms with E-state index in [2.05, 4.69) is 14.9 Å². The quantitative estimate of drug-likeness (QED) is 0.684. The molecule has 0 saturated carbocycles. The molecule has 12 heavy (non-hydrogen) atoms. The molecular formula is C6H11N3O2S. The highest BCUT2D eigenvalue weighted by atomic mass is 32.2. The van der Waals surface area contributed by atoms with Gasteiger partial charge in [-0.25, -0.2) is 13.1 Å². The molecule has 5 nitrogen and oxygen atoms in total. The zero-order valence-electron chi connectivity index (χ0n) is 7.17. The first-order chi connectivity index (χ1) is 5.49. The SMILES string of the molecule is CNS(=O)(=O)c1c(C)n[nH]c1C. The average molecular weight is 189 g/mol. The van der Waals surface area contributed by atoms with Crippen molar-refractivity contribution >= 4 is 10.0 Å². The number of nitrogens with one attached hydrogen (secondary N) is 2. The fourth-order valence-electron chi connectivity index (χ4n) is 1.04. The van der Waals surface area contributed by atoms with E-state index in [0.29, 0.717) is 11.4 Å². The zero-order valence-corrected chi connectivity index (χ0v) is 7.99. The molecule has 0 atom stereocenters. The molecule has 1 aromatic rings. The molecule has 0 aliphatic heterocycles. The van der Waals surface area contributed by atoms with Crippen LogP contribution >= 0.6 is 0 Å². The minimum absolute atomic E-state index is 0.241. The summed E-state index contributed by atoms with van der Waals surface area (Å²) in [4.78, 5) is 0.241. The Morgan fingerprint density at radius 1 is 1.42 bits per heavy atom. The highest BCUT2D eigenvalue weighted by Crippen LogP contribution is 2.15. The van der Waals surface area contributed by atoms with Crippen LogP contribution in [-0.4, -0.2) is 25.7 Å². The molecular weight excluding hydrogens is 178 g/mol. The number of rotatable bonds is 2. The molecule has 0 aliphatic rings. The Kier molecular flexibility index (Phi) is 2.20. The van der Waals surface area contributed by atoms with Gasteiger partial charge in [0.05, 0.1) is 11.4 Å². The Balaban J connectivity index is 3.37. The van der Waals surface area contributed by atoms with Crippen molar-refractivity contribution in [2.75, 3.05) is 7.05 Å². The second-order valence-corrected chi connectivity index (χ2v) is 4.29. The first-order valence-corrected chi connectivity index (χ1v) is 4.92. The highest BCUT2D eigenvalue weighted by Gasteiger charge is 2.19. The Bertz CT molecular complexity index is 360.